The van der Waals surface area contributed by atoms with Gasteiger partial charge >= 0.3 is 0 Å². The number of aromatic hydroxyl groups is 1. The molecule has 1 N–H and O–H groups in total. The molecular weight excluding hydrogens is 408 g/mol. The highest BCUT2D eigenvalue weighted by molar-refractivity contribution is 5.89. The highest BCUT2D eigenvalue weighted by Crippen LogP contribution is 2.43. The molecule has 0 aliphatic carbocycles. The van der Waals surface area contributed by atoms with Crippen LogP contribution in [0, 0.1) is 0 Å². The monoisotopic (exact) mass is 430 g/mol. The summed E-state index contributed by atoms with van der Waals surface area (Å²) in [6, 6.07) is 19.5. The van der Waals surface area contributed by atoms with E-state index >= 15 is 0 Å². The molecule has 4 aromatic rings. The molecule has 1 aromatic heterocycles. The largest absolute Gasteiger partial charge is 0.504 e. The Hall–Kier alpha value is -4.19. The quantitative estimate of drug-likeness (QED) is 0.381. The number of fused-ring (bicyclic) bond motifs is 1. The third kappa shape index (κ3) is 4.30. The first-order valence-corrected chi connectivity index (χ1v) is 9.99. The van der Waals surface area contributed by atoms with Crippen LogP contribution in [0.3, 0.4) is 0 Å². The summed E-state index contributed by atoms with van der Waals surface area (Å²) in [7, 11) is 1.59. The zero-order chi connectivity index (χ0) is 22.5. The maximum absolute atomic E-state index is 12.9. The molecule has 1 heterocycles. The van der Waals surface area contributed by atoms with Crippen molar-refractivity contribution in [1.82, 2.24) is 0 Å². The maximum atomic E-state index is 12.9. The van der Waals surface area contributed by atoms with Crippen LogP contribution >= 0.6 is 0 Å². The number of hydrogen-bond acceptors (Lipinski definition) is 6. The number of benzene rings is 3. The Bertz CT molecular complexity index is 1290. The molecule has 0 spiro atoms. The minimum Gasteiger partial charge on any atom is -0.504 e. The van der Waals surface area contributed by atoms with Crippen LogP contribution in [-0.4, -0.2) is 18.8 Å². The van der Waals surface area contributed by atoms with Crippen LogP contribution in [0.1, 0.15) is 5.56 Å². The van der Waals surface area contributed by atoms with E-state index in [4.69, 9.17) is 18.6 Å². The number of phenols is 1. The van der Waals surface area contributed by atoms with Gasteiger partial charge in [-0.2, -0.15) is 0 Å². The number of methoxy groups -OCH3 is 1. The van der Waals surface area contributed by atoms with Crippen molar-refractivity contribution in [3.8, 4) is 34.3 Å². The van der Waals surface area contributed by atoms with E-state index in [2.05, 4.69) is 6.58 Å². The Morgan fingerprint density at radius 1 is 1.03 bits per heavy atom. The summed E-state index contributed by atoms with van der Waals surface area (Å²) in [5.41, 5.74) is 1.42. The average Bonchev–Trinajstić information content (AvgIpc) is 2.82. The Morgan fingerprint density at radius 3 is 2.47 bits per heavy atom. The van der Waals surface area contributed by atoms with Crippen molar-refractivity contribution in [2.45, 2.75) is 6.61 Å². The van der Waals surface area contributed by atoms with Gasteiger partial charge < -0.3 is 23.7 Å². The van der Waals surface area contributed by atoms with E-state index < -0.39 is 0 Å². The fourth-order valence-electron chi connectivity index (χ4n) is 3.28. The van der Waals surface area contributed by atoms with E-state index in [1.54, 1.807) is 19.3 Å². The molecule has 4 rings (SSSR count). The lowest BCUT2D eigenvalue weighted by Gasteiger charge is -2.15. The number of hydrogen-bond donors (Lipinski definition) is 1. The lowest BCUT2D eigenvalue weighted by atomic mass is 10.1. The van der Waals surface area contributed by atoms with Gasteiger partial charge in [-0.3, -0.25) is 4.79 Å². The highest BCUT2D eigenvalue weighted by atomic mass is 16.5. The number of phenolic OH excluding ortho intramolecular Hbond substituents is 1. The van der Waals surface area contributed by atoms with E-state index in [9.17, 15) is 9.90 Å². The summed E-state index contributed by atoms with van der Waals surface area (Å²) in [5.74, 6) is 1.10. The number of ether oxygens (including phenoxy) is 3. The van der Waals surface area contributed by atoms with Crippen LogP contribution < -0.4 is 19.6 Å². The van der Waals surface area contributed by atoms with Gasteiger partial charge in [0.2, 0.25) is 5.75 Å². The lowest BCUT2D eigenvalue weighted by molar-refractivity contribution is 0.262. The summed E-state index contributed by atoms with van der Waals surface area (Å²) in [5, 5.41) is 10.9. The van der Waals surface area contributed by atoms with Crippen LogP contribution in [0.2, 0.25) is 0 Å². The maximum Gasteiger partial charge on any atom is 0.204 e. The smallest absolute Gasteiger partial charge is 0.204 e. The predicted octanol–water partition coefficient (Wildman–Crippen LogP) is 5.32. The van der Waals surface area contributed by atoms with Crippen LogP contribution in [0.25, 0.3) is 22.3 Å². The van der Waals surface area contributed by atoms with Crippen molar-refractivity contribution >= 4 is 11.0 Å². The average molecular weight is 430 g/mol. The lowest BCUT2D eigenvalue weighted by Crippen LogP contribution is -2.05. The van der Waals surface area contributed by atoms with Crippen LogP contribution in [0.5, 0.6) is 23.0 Å². The van der Waals surface area contributed by atoms with Crippen molar-refractivity contribution in [2.24, 2.45) is 0 Å². The second-order valence-corrected chi connectivity index (χ2v) is 7.00. The van der Waals surface area contributed by atoms with Crippen molar-refractivity contribution < 1.29 is 23.7 Å². The van der Waals surface area contributed by atoms with Gasteiger partial charge in [-0.15, -0.1) is 0 Å². The SMILES string of the molecule is C=CCOc1cc2oc(-c3ccccc3)cc(=O)c2c(O)c1OCc1ccc(OC)cc1. The van der Waals surface area contributed by atoms with Crippen molar-refractivity contribution in [3.05, 3.63) is 95.2 Å². The molecule has 3 aromatic carbocycles. The molecule has 0 aliphatic rings. The topological polar surface area (TPSA) is 78.1 Å². The fourth-order valence-corrected chi connectivity index (χ4v) is 3.28. The standard InChI is InChI=1S/C26H22O6/c1-3-13-30-23-15-22-24(20(27)14-21(32-22)18-7-5-4-6-8-18)25(28)26(23)31-16-17-9-11-19(29-2)12-10-17/h3-12,14-15,28H,1,13,16H2,2H3. The van der Waals surface area contributed by atoms with E-state index in [1.807, 2.05) is 54.6 Å². The first-order chi connectivity index (χ1) is 15.6. The third-order valence-corrected chi connectivity index (χ3v) is 4.87. The van der Waals surface area contributed by atoms with E-state index in [0.29, 0.717) is 5.76 Å². The van der Waals surface area contributed by atoms with Crippen LogP contribution in [0.15, 0.2) is 88.6 Å². The Morgan fingerprint density at radius 2 is 1.78 bits per heavy atom. The Kier molecular flexibility index (Phi) is 6.12. The summed E-state index contributed by atoms with van der Waals surface area (Å²) in [6.07, 6.45) is 1.57. The predicted molar refractivity (Wildman–Crippen MR) is 123 cm³/mol. The fraction of sp³-hybridized carbons (Fsp3) is 0.115. The van der Waals surface area contributed by atoms with Crippen LogP contribution in [-0.2, 0) is 6.61 Å². The van der Waals surface area contributed by atoms with Gasteiger partial charge in [0.25, 0.3) is 0 Å². The molecule has 0 saturated carbocycles. The molecule has 0 bridgehead atoms. The zero-order valence-electron chi connectivity index (χ0n) is 17.5. The second-order valence-electron chi connectivity index (χ2n) is 7.00. The van der Waals surface area contributed by atoms with E-state index in [1.165, 1.54) is 6.07 Å². The van der Waals surface area contributed by atoms with Crippen molar-refractivity contribution in [3.63, 3.8) is 0 Å². The summed E-state index contributed by atoms with van der Waals surface area (Å²) in [6.45, 7) is 4.00. The van der Waals surface area contributed by atoms with Crippen LogP contribution in [0.4, 0.5) is 0 Å². The molecule has 0 fully saturated rings. The molecule has 162 valence electrons. The van der Waals surface area contributed by atoms with Gasteiger partial charge in [0.1, 0.15) is 35.7 Å². The minimum atomic E-state index is -0.382. The van der Waals surface area contributed by atoms with E-state index in [-0.39, 0.29) is 46.9 Å². The Balaban J connectivity index is 1.76. The highest BCUT2D eigenvalue weighted by Gasteiger charge is 2.20. The van der Waals surface area contributed by atoms with Gasteiger partial charge in [0, 0.05) is 17.7 Å². The van der Waals surface area contributed by atoms with Crippen molar-refractivity contribution in [1.29, 1.82) is 0 Å². The first-order valence-electron chi connectivity index (χ1n) is 9.99. The van der Waals surface area contributed by atoms with Gasteiger partial charge in [-0.1, -0.05) is 55.1 Å². The molecule has 0 saturated heterocycles. The molecule has 6 nitrogen and oxygen atoms in total. The normalized spacial score (nSPS) is 10.7. The summed E-state index contributed by atoms with van der Waals surface area (Å²) in [4.78, 5) is 12.9. The van der Waals surface area contributed by atoms with Gasteiger partial charge in [-0.05, 0) is 17.7 Å². The minimum absolute atomic E-state index is 0.0281. The van der Waals surface area contributed by atoms with E-state index in [0.717, 1.165) is 16.9 Å². The molecular formula is C26H22O6. The van der Waals surface area contributed by atoms with Crippen molar-refractivity contribution in [2.75, 3.05) is 13.7 Å². The Labute approximate surface area is 184 Å². The summed E-state index contributed by atoms with van der Waals surface area (Å²) >= 11 is 0. The number of rotatable bonds is 8. The molecule has 0 unspecified atom stereocenters. The molecule has 6 heteroatoms. The molecule has 0 aliphatic heterocycles. The zero-order valence-corrected chi connectivity index (χ0v) is 17.5. The molecule has 0 amide bonds. The van der Waals surface area contributed by atoms with Gasteiger partial charge in [0.15, 0.2) is 16.9 Å². The first kappa shape index (κ1) is 21.1. The molecule has 32 heavy (non-hydrogen) atoms. The molecule has 0 atom stereocenters. The second kappa shape index (κ2) is 9.31. The van der Waals surface area contributed by atoms with Gasteiger partial charge in [0.05, 0.1) is 7.11 Å². The molecule has 0 radical (unpaired) electrons. The van der Waals surface area contributed by atoms with Gasteiger partial charge in [-0.25, -0.2) is 0 Å². The summed E-state index contributed by atoms with van der Waals surface area (Å²) < 4.78 is 22.7. The third-order valence-electron chi connectivity index (χ3n) is 4.87.